The second-order valence-electron chi connectivity index (χ2n) is 8.84. The van der Waals surface area contributed by atoms with Gasteiger partial charge in [-0.3, -0.25) is 4.79 Å². The summed E-state index contributed by atoms with van der Waals surface area (Å²) in [6, 6.07) is 0. The molecule has 4 aliphatic carbocycles. The van der Waals surface area contributed by atoms with Gasteiger partial charge in [-0.15, -0.1) is 0 Å². The maximum atomic E-state index is 11.8. The van der Waals surface area contributed by atoms with Crippen molar-refractivity contribution in [2.45, 2.75) is 71.0 Å². The molecule has 1 saturated heterocycles. The number of hydrogen-bond acceptors (Lipinski definition) is 2. The Bertz CT molecular complexity index is 550. The molecule has 5 rings (SSSR count). The van der Waals surface area contributed by atoms with Crippen molar-refractivity contribution < 1.29 is 9.53 Å². The van der Waals surface area contributed by atoms with Crippen molar-refractivity contribution >= 4 is 5.78 Å². The van der Waals surface area contributed by atoms with E-state index in [-0.39, 0.29) is 0 Å². The van der Waals surface area contributed by atoms with Gasteiger partial charge >= 0.3 is 0 Å². The van der Waals surface area contributed by atoms with Crippen molar-refractivity contribution in [1.29, 1.82) is 0 Å². The molecule has 21 heavy (non-hydrogen) atoms. The van der Waals surface area contributed by atoms with Crippen LogP contribution in [-0.2, 0) is 9.53 Å². The number of allylic oxidation sites excluding steroid dienone is 1. The van der Waals surface area contributed by atoms with E-state index in [1.807, 2.05) is 6.08 Å². The highest BCUT2D eigenvalue weighted by atomic mass is 16.6. The number of carbonyl (C=O) groups excluding carboxylic acids is 1. The zero-order valence-electron chi connectivity index (χ0n) is 13.2. The van der Waals surface area contributed by atoms with Crippen LogP contribution in [0.2, 0.25) is 0 Å². The SMILES string of the molecule is C[C@]12CCC(=O)C=C1CC[C@@H]1[C@@H]2CC[C@]2(C)C3OC3C[C@@H]12. The Morgan fingerprint density at radius 3 is 2.86 bits per heavy atom. The first kappa shape index (κ1) is 12.9. The molecule has 0 bridgehead atoms. The van der Waals surface area contributed by atoms with Crippen molar-refractivity contribution in [1.82, 2.24) is 0 Å². The molecule has 1 heterocycles. The fraction of sp³-hybridized carbons (Fsp3) is 0.842. The van der Waals surface area contributed by atoms with Gasteiger partial charge in [0.05, 0.1) is 12.2 Å². The Hall–Kier alpha value is -0.630. The topological polar surface area (TPSA) is 29.6 Å². The third-order valence-electron chi connectivity index (χ3n) is 8.12. The molecular weight excluding hydrogens is 260 g/mol. The molecule has 0 amide bonds. The molecule has 1 aliphatic heterocycles. The van der Waals surface area contributed by atoms with E-state index in [0.717, 1.165) is 30.6 Å². The van der Waals surface area contributed by atoms with Crippen LogP contribution in [0.4, 0.5) is 0 Å². The van der Waals surface area contributed by atoms with Crippen LogP contribution in [0.5, 0.6) is 0 Å². The summed E-state index contributed by atoms with van der Waals surface area (Å²) < 4.78 is 5.89. The molecule has 5 aliphatic rings. The average Bonchev–Trinajstić information content (AvgIpc) is 3.17. The molecule has 114 valence electrons. The van der Waals surface area contributed by atoms with Crippen LogP contribution in [0.25, 0.3) is 0 Å². The van der Waals surface area contributed by atoms with Crippen molar-refractivity contribution in [3.05, 3.63) is 11.6 Å². The van der Waals surface area contributed by atoms with Gasteiger partial charge in [0, 0.05) is 6.42 Å². The van der Waals surface area contributed by atoms with Crippen molar-refractivity contribution in [2.24, 2.45) is 28.6 Å². The minimum atomic E-state index is 0.325. The maximum Gasteiger partial charge on any atom is 0.155 e. The lowest BCUT2D eigenvalue weighted by Gasteiger charge is -2.57. The van der Waals surface area contributed by atoms with Gasteiger partial charge in [0.2, 0.25) is 0 Å². The lowest BCUT2D eigenvalue weighted by atomic mass is 9.47. The van der Waals surface area contributed by atoms with Gasteiger partial charge in [-0.2, -0.15) is 0 Å². The summed E-state index contributed by atoms with van der Waals surface area (Å²) in [4.78, 5) is 11.8. The van der Waals surface area contributed by atoms with Crippen LogP contribution >= 0.6 is 0 Å². The van der Waals surface area contributed by atoms with Crippen LogP contribution in [-0.4, -0.2) is 18.0 Å². The zero-order valence-corrected chi connectivity index (χ0v) is 13.2. The van der Waals surface area contributed by atoms with E-state index in [1.54, 1.807) is 0 Å². The van der Waals surface area contributed by atoms with Gasteiger partial charge in [-0.05, 0) is 73.2 Å². The second kappa shape index (κ2) is 3.82. The minimum Gasteiger partial charge on any atom is -0.369 e. The van der Waals surface area contributed by atoms with Crippen molar-refractivity contribution in [3.8, 4) is 0 Å². The quantitative estimate of drug-likeness (QED) is 0.632. The largest absolute Gasteiger partial charge is 0.369 e. The summed E-state index contributed by atoms with van der Waals surface area (Å²) in [5.41, 5.74) is 2.28. The highest BCUT2D eigenvalue weighted by Gasteiger charge is 2.67. The van der Waals surface area contributed by atoms with Crippen LogP contribution in [0.15, 0.2) is 11.6 Å². The summed E-state index contributed by atoms with van der Waals surface area (Å²) in [5.74, 6) is 2.96. The Balaban J connectivity index is 1.51. The fourth-order valence-corrected chi connectivity index (χ4v) is 6.86. The van der Waals surface area contributed by atoms with Crippen LogP contribution in [0.1, 0.15) is 58.8 Å². The predicted octanol–water partition coefficient (Wildman–Crippen LogP) is 3.90. The van der Waals surface area contributed by atoms with E-state index >= 15 is 0 Å². The zero-order chi connectivity index (χ0) is 14.4. The number of carbonyl (C=O) groups is 1. The minimum absolute atomic E-state index is 0.325. The molecule has 4 fully saturated rings. The Kier molecular flexibility index (Phi) is 2.34. The van der Waals surface area contributed by atoms with E-state index in [0.29, 0.717) is 28.8 Å². The Labute approximate surface area is 127 Å². The normalized spacial score (nSPS) is 57.7. The highest BCUT2D eigenvalue weighted by Crippen LogP contribution is 2.68. The van der Waals surface area contributed by atoms with E-state index in [4.69, 9.17) is 4.74 Å². The predicted molar refractivity (Wildman–Crippen MR) is 80.8 cm³/mol. The molecule has 0 spiro atoms. The van der Waals surface area contributed by atoms with Gasteiger partial charge in [-0.1, -0.05) is 19.4 Å². The standard InChI is InChI=1S/C19H26O2/c1-18-7-5-12(20)9-11(18)3-4-13-14(18)6-8-19(2)15(13)10-16-17(19)21-16/h9,13-17H,3-8,10H2,1-2H3/t13-,14+,15+,16?,17?,18+,19+/m1/s1. The Morgan fingerprint density at radius 2 is 2.00 bits per heavy atom. The first-order valence-corrected chi connectivity index (χ1v) is 8.92. The number of ketones is 1. The second-order valence-corrected chi connectivity index (χ2v) is 8.84. The average molecular weight is 286 g/mol. The molecule has 3 saturated carbocycles. The third-order valence-corrected chi connectivity index (χ3v) is 8.12. The Morgan fingerprint density at radius 1 is 1.14 bits per heavy atom. The van der Waals surface area contributed by atoms with Gasteiger partial charge in [0.1, 0.15) is 0 Å². The smallest absolute Gasteiger partial charge is 0.155 e. The van der Waals surface area contributed by atoms with Crippen molar-refractivity contribution in [2.75, 3.05) is 0 Å². The summed E-state index contributed by atoms with van der Waals surface area (Å²) in [7, 11) is 0. The molecule has 2 unspecified atom stereocenters. The lowest BCUT2D eigenvalue weighted by Crippen LogP contribution is -2.50. The molecule has 0 radical (unpaired) electrons. The maximum absolute atomic E-state index is 11.8. The monoisotopic (exact) mass is 286 g/mol. The molecule has 2 heteroatoms. The molecule has 0 aromatic rings. The molecule has 0 aromatic carbocycles. The molecular formula is C19H26O2. The van der Waals surface area contributed by atoms with E-state index in [2.05, 4.69) is 13.8 Å². The summed E-state index contributed by atoms with van der Waals surface area (Å²) >= 11 is 0. The van der Waals surface area contributed by atoms with Gasteiger partial charge in [0.25, 0.3) is 0 Å². The molecule has 2 nitrogen and oxygen atoms in total. The third kappa shape index (κ3) is 1.50. The number of epoxide rings is 1. The number of rotatable bonds is 0. The van der Waals surface area contributed by atoms with Gasteiger partial charge in [0.15, 0.2) is 5.78 Å². The summed E-state index contributed by atoms with van der Waals surface area (Å²) in [6.45, 7) is 4.97. The van der Waals surface area contributed by atoms with Gasteiger partial charge < -0.3 is 4.74 Å². The summed E-state index contributed by atoms with van der Waals surface area (Å²) in [6.07, 6.45) is 11.6. The van der Waals surface area contributed by atoms with Crippen LogP contribution in [0.3, 0.4) is 0 Å². The van der Waals surface area contributed by atoms with E-state index in [1.165, 1.54) is 37.7 Å². The molecule has 0 aromatic heterocycles. The van der Waals surface area contributed by atoms with Crippen LogP contribution in [0, 0.1) is 28.6 Å². The van der Waals surface area contributed by atoms with E-state index < -0.39 is 0 Å². The first-order chi connectivity index (χ1) is 10.0. The number of ether oxygens (including phenoxy) is 1. The number of hydrogen-bond donors (Lipinski definition) is 0. The highest BCUT2D eigenvalue weighted by molar-refractivity contribution is 5.91. The summed E-state index contributed by atoms with van der Waals surface area (Å²) in [5, 5.41) is 0. The lowest BCUT2D eigenvalue weighted by molar-refractivity contribution is -0.117. The first-order valence-electron chi connectivity index (χ1n) is 8.92. The molecule has 7 atom stereocenters. The van der Waals surface area contributed by atoms with Crippen molar-refractivity contribution in [3.63, 3.8) is 0 Å². The molecule has 0 N–H and O–H groups in total. The number of fused-ring (bicyclic) bond motifs is 7. The van der Waals surface area contributed by atoms with Crippen LogP contribution < -0.4 is 0 Å². The van der Waals surface area contributed by atoms with E-state index in [9.17, 15) is 4.79 Å². The van der Waals surface area contributed by atoms with Gasteiger partial charge in [-0.25, -0.2) is 0 Å². The fourth-order valence-electron chi connectivity index (χ4n) is 6.86.